The molecule has 0 amide bonds. The fraction of sp³-hybridized carbons (Fsp3) is 0.167. The van der Waals surface area contributed by atoms with Gasteiger partial charge in [-0.15, -0.1) is 0 Å². The Morgan fingerprint density at radius 1 is 1.33 bits per heavy atom. The number of nitrogens with zero attached hydrogens (tertiary/aromatic N) is 2. The van der Waals surface area contributed by atoms with Crippen LogP contribution in [-0.4, -0.2) is 9.97 Å². The van der Waals surface area contributed by atoms with Crippen LogP contribution >= 0.6 is 0 Å². The molecular weight excluding hydrogens is 238 g/mol. The first-order valence-electron chi connectivity index (χ1n) is 5.33. The highest BCUT2D eigenvalue weighted by atomic mass is 19.1. The number of hydrogen-bond donors (Lipinski definition) is 2. The largest absolute Gasteiger partial charge is 0.368 e. The molecule has 2 aromatic rings. The Balaban J connectivity index is 2.13. The molecule has 0 spiro atoms. The van der Waals surface area contributed by atoms with Gasteiger partial charge in [-0.05, 0) is 13.0 Å². The van der Waals surface area contributed by atoms with Crippen molar-refractivity contribution >= 4 is 11.8 Å². The van der Waals surface area contributed by atoms with Crippen LogP contribution in [0.2, 0.25) is 0 Å². The standard InChI is InChI=1S/C12H12F2N4/c1-7-5-17-12(15)18-11(7)16-6-8-2-3-9(13)4-10(8)14/h2-5H,6H2,1H3,(H3,15,16,17,18). The van der Waals surface area contributed by atoms with Crippen molar-refractivity contribution in [1.82, 2.24) is 9.97 Å². The first-order chi connectivity index (χ1) is 8.56. The zero-order valence-electron chi connectivity index (χ0n) is 9.74. The lowest BCUT2D eigenvalue weighted by atomic mass is 10.2. The van der Waals surface area contributed by atoms with Crippen molar-refractivity contribution in [3.63, 3.8) is 0 Å². The number of nitrogens with one attached hydrogen (secondary N) is 1. The lowest BCUT2D eigenvalue weighted by Gasteiger charge is -2.09. The van der Waals surface area contributed by atoms with E-state index in [0.717, 1.165) is 11.6 Å². The molecule has 3 N–H and O–H groups in total. The first kappa shape index (κ1) is 12.2. The molecule has 0 fully saturated rings. The van der Waals surface area contributed by atoms with E-state index in [2.05, 4.69) is 15.3 Å². The quantitative estimate of drug-likeness (QED) is 0.877. The number of nitrogen functional groups attached to an aromatic ring is 1. The number of benzene rings is 1. The van der Waals surface area contributed by atoms with Gasteiger partial charge in [-0.3, -0.25) is 0 Å². The molecule has 94 valence electrons. The lowest BCUT2D eigenvalue weighted by Crippen LogP contribution is -2.07. The summed E-state index contributed by atoms with van der Waals surface area (Å²) in [6.07, 6.45) is 1.58. The second-order valence-electron chi connectivity index (χ2n) is 3.85. The maximum absolute atomic E-state index is 13.4. The van der Waals surface area contributed by atoms with E-state index >= 15 is 0 Å². The number of halogens is 2. The molecule has 2 rings (SSSR count). The average molecular weight is 250 g/mol. The summed E-state index contributed by atoms with van der Waals surface area (Å²) in [7, 11) is 0. The van der Waals surface area contributed by atoms with E-state index in [1.54, 1.807) is 6.20 Å². The van der Waals surface area contributed by atoms with E-state index in [4.69, 9.17) is 5.73 Å². The van der Waals surface area contributed by atoms with Crippen molar-refractivity contribution in [3.8, 4) is 0 Å². The molecule has 1 heterocycles. The lowest BCUT2D eigenvalue weighted by molar-refractivity contribution is 0.574. The zero-order valence-corrected chi connectivity index (χ0v) is 9.74. The molecule has 6 heteroatoms. The van der Waals surface area contributed by atoms with E-state index in [9.17, 15) is 8.78 Å². The van der Waals surface area contributed by atoms with Crippen molar-refractivity contribution in [2.45, 2.75) is 13.5 Å². The van der Waals surface area contributed by atoms with Crippen LogP contribution in [0.5, 0.6) is 0 Å². The van der Waals surface area contributed by atoms with Crippen LogP contribution in [0.4, 0.5) is 20.5 Å². The minimum atomic E-state index is -0.598. The van der Waals surface area contributed by atoms with Gasteiger partial charge in [0, 0.05) is 29.9 Å². The summed E-state index contributed by atoms with van der Waals surface area (Å²) in [5.41, 5.74) is 6.61. The normalized spacial score (nSPS) is 10.4. The summed E-state index contributed by atoms with van der Waals surface area (Å²) >= 11 is 0. The molecule has 0 saturated carbocycles. The number of hydrogen-bond acceptors (Lipinski definition) is 4. The van der Waals surface area contributed by atoms with Gasteiger partial charge in [-0.2, -0.15) is 4.98 Å². The summed E-state index contributed by atoms with van der Waals surface area (Å²) in [4.78, 5) is 7.82. The Morgan fingerprint density at radius 2 is 2.11 bits per heavy atom. The smallest absolute Gasteiger partial charge is 0.221 e. The Labute approximate surface area is 103 Å². The van der Waals surface area contributed by atoms with Crippen molar-refractivity contribution in [2.24, 2.45) is 0 Å². The third kappa shape index (κ3) is 2.71. The molecule has 0 aliphatic carbocycles. The van der Waals surface area contributed by atoms with E-state index in [1.165, 1.54) is 12.1 Å². The minimum Gasteiger partial charge on any atom is -0.368 e. The van der Waals surface area contributed by atoms with E-state index in [-0.39, 0.29) is 12.5 Å². The molecule has 0 unspecified atom stereocenters. The maximum atomic E-state index is 13.4. The van der Waals surface area contributed by atoms with Gasteiger partial charge < -0.3 is 11.1 Å². The topological polar surface area (TPSA) is 63.8 Å². The van der Waals surface area contributed by atoms with Gasteiger partial charge in [0.1, 0.15) is 17.5 Å². The highest BCUT2D eigenvalue weighted by molar-refractivity contribution is 5.45. The predicted octanol–water partition coefficient (Wildman–Crippen LogP) is 2.26. The number of aryl methyl sites for hydroxylation is 1. The van der Waals surface area contributed by atoms with Crippen LogP contribution in [0.1, 0.15) is 11.1 Å². The molecule has 18 heavy (non-hydrogen) atoms. The SMILES string of the molecule is Cc1cnc(N)nc1NCc1ccc(F)cc1F. The number of aromatic nitrogens is 2. The van der Waals surface area contributed by atoms with Crippen LogP contribution < -0.4 is 11.1 Å². The van der Waals surface area contributed by atoms with Gasteiger partial charge in [0.15, 0.2) is 0 Å². The second kappa shape index (κ2) is 4.95. The molecule has 0 bridgehead atoms. The van der Waals surface area contributed by atoms with Gasteiger partial charge in [-0.25, -0.2) is 13.8 Å². The summed E-state index contributed by atoms with van der Waals surface area (Å²) in [6, 6.07) is 3.44. The Morgan fingerprint density at radius 3 is 2.83 bits per heavy atom. The van der Waals surface area contributed by atoms with Crippen LogP contribution in [0.25, 0.3) is 0 Å². The molecule has 0 aliphatic rings. The Bertz CT molecular complexity index is 572. The zero-order chi connectivity index (χ0) is 13.1. The van der Waals surface area contributed by atoms with Gasteiger partial charge >= 0.3 is 0 Å². The minimum absolute atomic E-state index is 0.141. The number of rotatable bonds is 3. The van der Waals surface area contributed by atoms with E-state index < -0.39 is 11.6 Å². The molecule has 4 nitrogen and oxygen atoms in total. The summed E-state index contributed by atoms with van der Waals surface area (Å²) < 4.78 is 26.1. The fourth-order valence-electron chi connectivity index (χ4n) is 1.48. The molecule has 0 atom stereocenters. The third-order valence-electron chi connectivity index (χ3n) is 2.45. The monoisotopic (exact) mass is 250 g/mol. The molecule has 0 saturated heterocycles. The highest BCUT2D eigenvalue weighted by Crippen LogP contribution is 2.14. The molecule has 0 aliphatic heterocycles. The van der Waals surface area contributed by atoms with E-state index in [1.807, 2.05) is 6.92 Å². The Hall–Kier alpha value is -2.24. The first-order valence-corrected chi connectivity index (χ1v) is 5.33. The van der Waals surface area contributed by atoms with Crippen LogP contribution in [0.15, 0.2) is 24.4 Å². The van der Waals surface area contributed by atoms with Gasteiger partial charge in [-0.1, -0.05) is 6.07 Å². The van der Waals surface area contributed by atoms with Crippen LogP contribution in [0.3, 0.4) is 0 Å². The molecular formula is C12H12F2N4. The summed E-state index contributed by atoms with van der Waals surface area (Å²) in [5, 5.41) is 2.94. The van der Waals surface area contributed by atoms with Crippen molar-refractivity contribution < 1.29 is 8.78 Å². The van der Waals surface area contributed by atoms with E-state index in [0.29, 0.717) is 11.4 Å². The maximum Gasteiger partial charge on any atom is 0.221 e. The van der Waals surface area contributed by atoms with Crippen LogP contribution in [0, 0.1) is 18.6 Å². The summed E-state index contributed by atoms with van der Waals surface area (Å²) in [6.45, 7) is 2.01. The van der Waals surface area contributed by atoms with Crippen molar-refractivity contribution in [3.05, 3.63) is 47.2 Å². The average Bonchev–Trinajstić information content (AvgIpc) is 2.32. The van der Waals surface area contributed by atoms with Crippen molar-refractivity contribution in [2.75, 3.05) is 11.1 Å². The van der Waals surface area contributed by atoms with Gasteiger partial charge in [0.2, 0.25) is 5.95 Å². The van der Waals surface area contributed by atoms with Gasteiger partial charge in [0.05, 0.1) is 0 Å². The van der Waals surface area contributed by atoms with Crippen molar-refractivity contribution in [1.29, 1.82) is 0 Å². The third-order valence-corrected chi connectivity index (χ3v) is 2.45. The number of anilines is 2. The fourth-order valence-corrected chi connectivity index (χ4v) is 1.48. The predicted molar refractivity (Wildman–Crippen MR) is 64.9 cm³/mol. The van der Waals surface area contributed by atoms with Crippen LogP contribution in [-0.2, 0) is 6.54 Å². The number of nitrogens with two attached hydrogens (primary N) is 1. The highest BCUT2D eigenvalue weighted by Gasteiger charge is 2.06. The molecule has 0 radical (unpaired) electrons. The summed E-state index contributed by atoms with van der Waals surface area (Å²) in [5.74, 6) is -0.519. The molecule has 1 aromatic heterocycles. The van der Waals surface area contributed by atoms with Gasteiger partial charge in [0.25, 0.3) is 0 Å². The molecule has 1 aromatic carbocycles. The second-order valence-corrected chi connectivity index (χ2v) is 3.85. The Kier molecular flexibility index (Phi) is 3.36.